The number of rotatable bonds is 5. The molecular formula is C16H20ClN3O. The number of aryl methyl sites for hydroxylation is 1. The molecule has 5 heteroatoms. The van der Waals surface area contributed by atoms with Crippen LogP contribution < -0.4 is 10.1 Å². The first-order valence-electron chi connectivity index (χ1n) is 7.35. The van der Waals surface area contributed by atoms with E-state index >= 15 is 0 Å². The summed E-state index contributed by atoms with van der Waals surface area (Å²) < 4.78 is 7.69. The lowest BCUT2D eigenvalue weighted by Gasteiger charge is -2.25. The minimum atomic E-state index is 0.105. The van der Waals surface area contributed by atoms with Crippen LogP contribution in [0, 0.1) is 0 Å². The SMILES string of the molecule is CCCNC(c1c(Cl)cnn1C)C1COc2ccccc21. The molecular weight excluding hydrogens is 286 g/mol. The molecule has 112 valence electrons. The third-order valence-electron chi connectivity index (χ3n) is 3.99. The molecule has 0 saturated heterocycles. The molecule has 1 N–H and O–H groups in total. The second-order valence-corrected chi connectivity index (χ2v) is 5.80. The summed E-state index contributed by atoms with van der Waals surface area (Å²) in [6.45, 7) is 3.76. The minimum Gasteiger partial charge on any atom is -0.493 e. The van der Waals surface area contributed by atoms with Crippen LogP contribution in [0.2, 0.25) is 5.02 Å². The quantitative estimate of drug-likeness (QED) is 0.921. The van der Waals surface area contributed by atoms with E-state index in [1.165, 1.54) is 5.56 Å². The number of halogens is 1. The smallest absolute Gasteiger partial charge is 0.122 e. The van der Waals surface area contributed by atoms with Crippen molar-refractivity contribution >= 4 is 11.6 Å². The molecule has 21 heavy (non-hydrogen) atoms. The summed E-state index contributed by atoms with van der Waals surface area (Å²) in [7, 11) is 1.93. The molecule has 2 heterocycles. The Labute approximate surface area is 130 Å². The van der Waals surface area contributed by atoms with Gasteiger partial charge in [0.05, 0.1) is 29.6 Å². The molecule has 0 amide bonds. The van der Waals surface area contributed by atoms with Crippen LogP contribution in [0.5, 0.6) is 5.75 Å². The molecule has 1 aromatic carbocycles. The average molecular weight is 306 g/mol. The van der Waals surface area contributed by atoms with Crippen LogP contribution in [0.4, 0.5) is 0 Å². The van der Waals surface area contributed by atoms with Crippen LogP contribution in [-0.2, 0) is 7.05 Å². The molecule has 1 aliphatic heterocycles. The van der Waals surface area contributed by atoms with Crippen molar-refractivity contribution in [1.82, 2.24) is 15.1 Å². The van der Waals surface area contributed by atoms with E-state index in [1.807, 2.05) is 23.9 Å². The Morgan fingerprint density at radius 1 is 1.48 bits per heavy atom. The number of ether oxygens (including phenoxy) is 1. The van der Waals surface area contributed by atoms with Crippen molar-refractivity contribution < 1.29 is 4.74 Å². The Balaban J connectivity index is 1.98. The molecule has 0 bridgehead atoms. The fraction of sp³-hybridized carbons (Fsp3) is 0.438. The van der Waals surface area contributed by atoms with E-state index in [0.29, 0.717) is 11.6 Å². The number of nitrogens with one attached hydrogen (secondary N) is 1. The summed E-state index contributed by atoms with van der Waals surface area (Å²) in [6, 6.07) is 8.33. The molecule has 2 aromatic rings. The standard InChI is InChI=1S/C16H20ClN3O/c1-3-8-18-15(16-13(17)9-19-20(16)2)12-10-21-14-7-5-4-6-11(12)14/h4-7,9,12,15,18H,3,8,10H2,1-2H3. The van der Waals surface area contributed by atoms with Gasteiger partial charge in [-0.2, -0.15) is 5.10 Å². The number of nitrogens with zero attached hydrogens (tertiary/aromatic N) is 2. The molecule has 4 nitrogen and oxygen atoms in total. The van der Waals surface area contributed by atoms with Crippen molar-refractivity contribution in [1.29, 1.82) is 0 Å². The van der Waals surface area contributed by atoms with Crippen molar-refractivity contribution in [3.8, 4) is 5.75 Å². The maximum absolute atomic E-state index is 6.36. The third kappa shape index (κ3) is 2.65. The zero-order valence-corrected chi connectivity index (χ0v) is 13.1. The van der Waals surface area contributed by atoms with Crippen molar-refractivity contribution in [2.24, 2.45) is 7.05 Å². The largest absolute Gasteiger partial charge is 0.493 e. The Bertz CT molecular complexity index is 606. The van der Waals surface area contributed by atoms with E-state index < -0.39 is 0 Å². The lowest BCUT2D eigenvalue weighted by atomic mass is 9.91. The summed E-state index contributed by atoms with van der Waals surface area (Å²) in [6.07, 6.45) is 2.78. The molecule has 0 aliphatic carbocycles. The zero-order chi connectivity index (χ0) is 14.8. The van der Waals surface area contributed by atoms with E-state index in [-0.39, 0.29) is 12.0 Å². The van der Waals surface area contributed by atoms with E-state index in [2.05, 4.69) is 29.5 Å². The van der Waals surface area contributed by atoms with Gasteiger partial charge < -0.3 is 10.1 Å². The Morgan fingerprint density at radius 2 is 2.29 bits per heavy atom. The van der Waals surface area contributed by atoms with Gasteiger partial charge in [-0.15, -0.1) is 0 Å². The zero-order valence-electron chi connectivity index (χ0n) is 12.3. The number of aromatic nitrogens is 2. The number of hydrogen-bond donors (Lipinski definition) is 1. The predicted molar refractivity (Wildman–Crippen MR) is 83.9 cm³/mol. The van der Waals surface area contributed by atoms with Crippen LogP contribution >= 0.6 is 11.6 Å². The lowest BCUT2D eigenvalue weighted by Crippen LogP contribution is -2.30. The van der Waals surface area contributed by atoms with Gasteiger partial charge in [0, 0.05) is 18.5 Å². The molecule has 0 fully saturated rings. The first-order valence-corrected chi connectivity index (χ1v) is 7.72. The van der Waals surface area contributed by atoms with Gasteiger partial charge in [0.15, 0.2) is 0 Å². The summed E-state index contributed by atoms with van der Waals surface area (Å²) in [5, 5.41) is 8.59. The summed E-state index contributed by atoms with van der Waals surface area (Å²) in [5.74, 6) is 1.23. The topological polar surface area (TPSA) is 39.1 Å². The van der Waals surface area contributed by atoms with Gasteiger partial charge >= 0.3 is 0 Å². The monoisotopic (exact) mass is 305 g/mol. The molecule has 0 spiro atoms. The summed E-state index contributed by atoms with van der Waals surface area (Å²) in [5.41, 5.74) is 2.26. The van der Waals surface area contributed by atoms with Gasteiger partial charge in [-0.25, -0.2) is 0 Å². The number of para-hydroxylation sites is 1. The number of hydrogen-bond acceptors (Lipinski definition) is 3. The van der Waals surface area contributed by atoms with Crippen molar-refractivity contribution in [3.05, 3.63) is 46.7 Å². The van der Waals surface area contributed by atoms with Gasteiger partial charge in [-0.05, 0) is 19.0 Å². The van der Waals surface area contributed by atoms with E-state index in [0.717, 1.165) is 24.4 Å². The highest BCUT2D eigenvalue weighted by Crippen LogP contribution is 2.42. The predicted octanol–water partition coefficient (Wildman–Crippen LogP) is 3.29. The third-order valence-corrected chi connectivity index (χ3v) is 4.28. The van der Waals surface area contributed by atoms with Crippen molar-refractivity contribution in [3.63, 3.8) is 0 Å². The van der Waals surface area contributed by atoms with Crippen molar-refractivity contribution in [2.75, 3.05) is 13.2 Å². The average Bonchev–Trinajstić information content (AvgIpc) is 3.06. The van der Waals surface area contributed by atoms with Crippen LogP contribution in [0.15, 0.2) is 30.5 Å². The number of benzene rings is 1. The van der Waals surface area contributed by atoms with Crippen LogP contribution in [0.25, 0.3) is 0 Å². The van der Waals surface area contributed by atoms with E-state index in [4.69, 9.17) is 16.3 Å². The Kier molecular flexibility index (Phi) is 4.17. The van der Waals surface area contributed by atoms with Gasteiger partial charge in [0.1, 0.15) is 5.75 Å². The van der Waals surface area contributed by atoms with E-state index in [1.54, 1.807) is 6.20 Å². The molecule has 1 aliphatic rings. The molecule has 2 unspecified atom stereocenters. The van der Waals surface area contributed by atoms with Crippen LogP contribution in [0.3, 0.4) is 0 Å². The molecule has 1 aromatic heterocycles. The summed E-state index contributed by atoms with van der Waals surface area (Å²) >= 11 is 6.36. The highest BCUT2D eigenvalue weighted by atomic mass is 35.5. The van der Waals surface area contributed by atoms with E-state index in [9.17, 15) is 0 Å². The summed E-state index contributed by atoms with van der Waals surface area (Å²) in [4.78, 5) is 0. The Hall–Kier alpha value is -1.52. The lowest BCUT2D eigenvalue weighted by molar-refractivity contribution is 0.295. The first-order chi connectivity index (χ1) is 10.2. The van der Waals surface area contributed by atoms with Gasteiger partial charge in [0.2, 0.25) is 0 Å². The highest BCUT2D eigenvalue weighted by Gasteiger charge is 2.34. The fourth-order valence-electron chi connectivity index (χ4n) is 2.96. The highest BCUT2D eigenvalue weighted by molar-refractivity contribution is 6.31. The molecule has 0 saturated carbocycles. The van der Waals surface area contributed by atoms with Crippen molar-refractivity contribution in [2.45, 2.75) is 25.3 Å². The van der Waals surface area contributed by atoms with Gasteiger partial charge in [-0.3, -0.25) is 4.68 Å². The molecule has 2 atom stereocenters. The second kappa shape index (κ2) is 6.08. The second-order valence-electron chi connectivity index (χ2n) is 5.39. The van der Waals surface area contributed by atoms with Crippen LogP contribution in [-0.4, -0.2) is 22.9 Å². The normalized spacial score (nSPS) is 18.3. The maximum atomic E-state index is 6.36. The number of fused-ring (bicyclic) bond motifs is 1. The minimum absolute atomic E-state index is 0.105. The fourth-order valence-corrected chi connectivity index (χ4v) is 3.25. The molecule has 3 rings (SSSR count). The van der Waals surface area contributed by atoms with Crippen LogP contribution in [0.1, 0.15) is 36.6 Å². The van der Waals surface area contributed by atoms with Gasteiger partial charge in [0.25, 0.3) is 0 Å². The molecule has 0 radical (unpaired) electrons. The Morgan fingerprint density at radius 3 is 3.00 bits per heavy atom. The first kappa shape index (κ1) is 14.4. The van der Waals surface area contributed by atoms with Gasteiger partial charge in [-0.1, -0.05) is 36.7 Å². The maximum Gasteiger partial charge on any atom is 0.122 e.